The lowest BCUT2D eigenvalue weighted by atomic mass is 10.1. The maximum absolute atomic E-state index is 13.0. The molecule has 1 fully saturated rings. The highest BCUT2D eigenvalue weighted by Gasteiger charge is 2.28. The smallest absolute Gasteiger partial charge is 0.164 e. The van der Waals surface area contributed by atoms with Crippen LogP contribution in [0, 0.1) is 5.82 Å². The van der Waals surface area contributed by atoms with Gasteiger partial charge in [0.2, 0.25) is 0 Å². The lowest BCUT2D eigenvalue weighted by molar-refractivity contribution is -0.140. The molecule has 2 aromatic carbocycles. The second kappa shape index (κ2) is 13.3. The molecule has 0 amide bonds. The normalized spacial score (nSPS) is 16.0. The number of piperazine rings is 1. The first-order valence-corrected chi connectivity index (χ1v) is 10.8. The summed E-state index contributed by atoms with van der Waals surface area (Å²) < 4.78 is 19.4. The van der Waals surface area contributed by atoms with E-state index in [-0.39, 0.29) is 48.2 Å². The topological polar surface area (TPSA) is 32.8 Å². The van der Waals surface area contributed by atoms with Crippen molar-refractivity contribution in [2.45, 2.75) is 45.4 Å². The zero-order valence-corrected chi connectivity index (χ0v) is 20.8. The fourth-order valence-electron chi connectivity index (χ4n) is 3.78. The Morgan fingerprint density at radius 2 is 1.56 bits per heavy atom. The van der Waals surface area contributed by atoms with E-state index < -0.39 is 0 Å². The Morgan fingerprint density at radius 3 is 2.12 bits per heavy atom. The standard InChI is InChI=1S/C25H33FN2O2.2ClH/c1-25(2,3)30-24(19-20-7-5-4-6-8-20)28-17-15-27(16-18-28)14-13-23(29)21-9-11-22(26)12-10-21;;/h4-12,24H,13-19H2,1-3H3;2*1H. The van der Waals surface area contributed by atoms with Crippen LogP contribution in [0.25, 0.3) is 0 Å². The number of nitrogens with zero attached hydrogens (tertiary/aromatic N) is 2. The second-order valence-electron chi connectivity index (χ2n) is 8.93. The molecular formula is C25H35Cl2FN2O2. The Morgan fingerprint density at radius 1 is 0.969 bits per heavy atom. The van der Waals surface area contributed by atoms with Crippen molar-refractivity contribution in [3.05, 3.63) is 71.5 Å². The molecule has 1 aliphatic rings. The van der Waals surface area contributed by atoms with E-state index in [1.165, 1.54) is 17.7 Å². The Kier molecular flexibility index (Phi) is 11.8. The van der Waals surface area contributed by atoms with Gasteiger partial charge in [0.15, 0.2) is 5.78 Å². The molecule has 3 rings (SSSR count). The van der Waals surface area contributed by atoms with E-state index in [1.807, 2.05) is 6.07 Å². The van der Waals surface area contributed by atoms with E-state index in [4.69, 9.17) is 4.74 Å². The molecule has 2 aromatic rings. The molecule has 0 N–H and O–H groups in total. The fourth-order valence-corrected chi connectivity index (χ4v) is 3.78. The van der Waals surface area contributed by atoms with E-state index in [0.29, 0.717) is 12.0 Å². The van der Waals surface area contributed by atoms with Gasteiger partial charge >= 0.3 is 0 Å². The predicted octanol–water partition coefficient (Wildman–Crippen LogP) is 5.24. The Bertz CT molecular complexity index is 805. The van der Waals surface area contributed by atoms with Crippen molar-refractivity contribution in [1.29, 1.82) is 0 Å². The summed E-state index contributed by atoms with van der Waals surface area (Å²) in [6, 6.07) is 16.3. The first kappa shape index (κ1) is 28.5. The van der Waals surface area contributed by atoms with Gasteiger partial charge in [-0.05, 0) is 50.6 Å². The number of ketones is 1. The number of carbonyl (C=O) groups excluding carboxylic acids is 1. The molecule has 1 atom stereocenters. The summed E-state index contributed by atoms with van der Waals surface area (Å²) in [5, 5.41) is 0. The highest BCUT2D eigenvalue weighted by molar-refractivity contribution is 5.96. The maximum Gasteiger partial charge on any atom is 0.164 e. The Balaban J connectivity index is 0.00000256. The maximum atomic E-state index is 13.0. The number of carbonyl (C=O) groups is 1. The van der Waals surface area contributed by atoms with Crippen molar-refractivity contribution in [2.75, 3.05) is 32.7 Å². The molecule has 0 saturated carbocycles. The van der Waals surface area contributed by atoms with Crippen LogP contribution in [0.4, 0.5) is 4.39 Å². The average Bonchev–Trinajstić information content (AvgIpc) is 2.72. The van der Waals surface area contributed by atoms with Gasteiger partial charge in [-0.15, -0.1) is 24.8 Å². The van der Waals surface area contributed by atoms with E-state index in [2.05, 4.69) is 54.8 Å². The highest BCUT2D eigenvalue weighted by atomic mass is 35.5. The third kappa shape index (κ3) is 9.16. The number of benzene rings is 2. The number of hydrogen-bond donors (Lipinski definition) is 0. The lowest BCUT2D eigenvalue weighted by Gasteiger charge is -2.41. The van der Waals surface area contributed by atoms with Crippen LogP contribution in [-0.4, -0.2) is 60.1 Å². The van der Waals surface area contributed by atoms with Crippen LogP contribution in [0.3, 0.4) is 0 Å². The minimum atomic E-state index is -0.315. The predicted molar refractivity (Wildman–Crippen MR) is 133 cm³/mol. The number of rotatable bonds is 8. The summed E-state index contributed by atoms with van der Waals surface area (Å²) in [6.45, 7) is 10.7. The van der Waals surface area contributed by atoms with Gasteiger partial charge in [-0.1, -0.05) is 30.3 Å². The zero-order valence-electron chi connectivity index (χ0n) is 19.1. The van der Waals surface area contributed by atoms with E-state index in [9.17, 15) is 9.18 Å². The van der Waals surface area contributed by atoms with Crippen molar-refractivity contribution in [3.63, 3.8) is 0 Å². The summed E-state index contributed by atoms with van der Waals surface area (Å²) in [6.07, 6.45) is 1.36. The summed E-state index contributed by atoms with van der Waals surface area (Å²) in [4.78, 5) is 17.1. The second-order valence-corrected chi connectivity index (χ2v) is 8.93. The molecule has 1 heterocycles. The van der Waals surface area contributed by atoms with Gasteiger partial charge in [-0.2, -0.15) is 0 Å². The summed E-state index contributed by atoms with van der Waals surface area (Å²) in [7, 11) is 0. The van der Waals surface area contributed by atoms with Gasteiger partial charge in [0.25, 0.3) is 0 Å². The molecule has 7 heteroatoms. The Labute approximate surface area is 203 Å². The first-order chi connectivity index (χ1) is 14.3. The van der Waals surface area contributed by atoms with E-state index in [0.717, 1.165) is 39.1 Å². The SMILES string of the molecule is CC(C)(C)OC(Cc1ccccc1)N1CCN(CCC(=O)c2ccc(F)cc2)CC1.Cl.Cl. The van der Waals surface area contributed by atoms with Crippen LogP contribution in [0.15, 0.2) is 54.6 Å². The average molecular weight is 485 g/mol. The molecule has 4 nitrogen and oxygen atoms in total. The molecule has 1 aliphatic heterocycles. The molecule has 0 aromatic heterocycles. The van der Waals surface area contributed by atoms with Gasteiger partial charge in [0, 0.05) is 51.1 Å². The molecular weight excluding hydrogens is 450 g/mol. The lowest BCUT2D eigenvalue weighted by Crippen LogP contribution is -2.53. The van der Waals surface area contributed by atoms with Crippen molar-refractivity contribution in [3.8, 4) is 0 Å². The molecule has 0 aliphatic carbocycles. The van der Waals surface area contributed by atoms with Crippen LogP contribution in [0.5, 0.6) is 0 Å². The minimum Gasteiger partial charge on any atom is -0.357 e. The molecule has 0 bridgehead atoms. The largest absolute Gasteiger partial charge is 0.357 e. The van der Waals surface area contributed by atoms with Gasteiger partial charge in [0.05, 0.1) is 5.60 Å². The first-order valence-electron chi connectivity index (χ1n) is 10.8. The quantitative estimate of drug-likeness (QED) is 0.479. The molecule has 178 valence electrons. The van der Waals surface area contributed by atoms with Crippen LogP contribution in [-0.2, 0) is 11.2 Å². The summed E-state index contributed by atoms with van der Waals surface area (Å²) >= 11 is 0. The van der Waals surface area contributed by atoms with E-state index >= 15 is 0 Å². The van der Waals surface area contributed by atoms with Crippen molar-refractivity contribution < 1.29 is 13.9 Å². The van der Waals surface area contributed by atoms with Crippen LogP contribution in [0.2, 0.25) is 0 Å². The number of ether oxygens (including phenoxy) is 1. The fraction of sp³-hybridized carbons (Fsp3) is 0.480. The third-order valence-corrected chi connectivity index (χ3v) is 5.38. The number of Topliss-reactive ketones (excluding diaryl/α,β-unsaturated/α-hetero) is 1. The van der Waals surface area contributed by atoms with Crippen molar-refractivity contribution in [2.24, 2.45) is 0 Å². The molecule has 0 spiro atoms. The van der Waals surface area contributed by atoms with Crippen molar-refractivity contribution in [1.82, 2.24) is 9.80 Å². The van der Waals surface area contributed by atoms with Crippen LogP contribution < -0.4 is 0 Å². The van der Waals surface area contributed by atoms with Crippen LogP contribution in [0.1, 0.15) is 43.1 Å². The number of hydrogen-bond acceptors (Lipinski definition) is 4. The molecule has 1 saturated heterocycles. The highest BCUT2D eigenvalue weighted by Crippen LogP contribution is 2.20. The molecule has 32 heavy (non-hydrogen) atoms. The third-order valence-electron chi connectivity index (χ3n) is 5.38. The summed E-state index contributed by atoms with van der Waals surface area (Å²) in [5.41, 5.74) is 1.65. The van der Waals surface area contributed by atoms with Gasteiger partial charge in [-0.25, -0.2) is 4.39 Å². The summed E-state index contributed by atoms with van der Waals surface area (Å²) in [5.74, 6) is -0.249. The van der Waals surface area contributed by atoms with E-state index in [1.54, 1.807) is 12.1 Å². The number of halogens is 3. The molecule has 1 unspecified atom stereocenters. The minimum absolute atomic E-state index is 0. The Hall–Kier alpha value is -1.50. The van der Waals surface area contributed by atoms with Crippen molar-refractivity contribution >= 4 is 30.6 Å². The zero-order chi connectivity index (χ0) is 21.6. The van der Waals surface area contributed by atoms with Crippen LogP contribution >= 0.6 is 24.8 Å². The van der Waals surface area contributed by atoms with Gasteiger partial charge in [-0.3, -0.25) is 9.69 Å². The van der Waals surface area contributed by atoms with Gasteiger partial charge in [0.1, 0.15) is 12.0 Å². The molecule has 0 radical (unpaired) electrons. The monoisotopic (exact) mass is 484 g/mol. The van der Waals surface area contributed by atoms with Gasteiger partial charge < -0.3 is 9.64 Å².